The van der Waals surface area contributed by atoms with Crippen LogP contribution >= 0.6 is 27.5 Å². The molecule has 110 valence electrons. The largest absolute Gasteiger partial charge is 0.496 e. The molecule has 0 aliphatic carbocycles. The van der Waals surface area contributed by atoms with Gasteiger partial charge in [-0.25, -0.2) is 8.78 Å². The summed E-state index contributed by atoms with van der Waals surface area (Å²) >= 11 is 8.80. The van der Waals surface area contributed by atoms with E-state index in [4.69, 9.17) is 16.3 Å². The number of carbonyl (C=O) groups is 1. The van der Waals surface area contributed by atoms with Crippen LogP contribution < -0.4 is 4.74 Å². The van der Waals surface area contributed by atoms with Crippen LogP contribution in [0.2, 0.25) is 5.02 Å². The van der Waals surface area contributed by atoms with Crippen LogP contribution in [0, 0.1) is 11.6 Å². The molecule has 2 aromatic rings. The Labute approximate surface area is 133 Å². The van der Waals surface area contributed by atoms with Gasteiger partial charge in [-0.15, -0.1) is 0 Å². The van der Waals surface area contributed by atoms with Crippen molar-refractivity contribution in [3.63, 3.8) is 0 Å². The van der Waals surface area contributed by atoms with Crippen molar-refractivity contribution in [2.24, 2.45) is 0 Å². The van der Waals surface area contributed by atoms with Gasteiger partial charge in [-0.1, -0.05) is 11.6 Å². The van der Waals surface area contributed by atoms with Crippen LogP contribution in [-0.4, -0.2) is 12.9 Å². The van der Waals surface area contributed by atoms with E-state index < -0.39 is 11.6 Å². The molecule has 0 amide bonds. The highest BCUT2D eigenvalue weighted by molar-refractivity contribution is 9.10. The van der Waals surface area contributed by atoms with E-state index in [0.29, 0.717) is 16.3 Å². The summed E-state index contributed by atoms with van der Waals surface area (Å²) < 4.78 is 31.5. The molecule has 0 fully saturated rings. The van der Waals surface area contributed by atoms with Gasteiger partial charge in [0.2, 0.25) is 0 Å². The lowest BCUT2D eigenvalue weighted by Crippen LogP contribution is -2.07. The molecule has 0 saturated heterocycles. The molecule has 0 unspecified atom stereocenters. The van der Waals surface area contributed by atoms with Crippen LogP contribution in [-0.2, 0) is 6.42 Å². The summed E-state index contributed by atoms with van der Waals surface area (Å²) in [7, 11) is 1.48. The Kier molecular flexibility index (Phi) is 4.96. The predicted molar refractivity (Wildman–Crippen MR) is 80.1 cm³/mol. The first-order valence-electron chi connectivity index (χ1n) is 5.93. The summed E-state index contributed by atoms with van der Waals surface area (Å²) in [6, 6.07) is 7.05. The molecule has 0 atom stereocenters. The second kappa shape index (κ2) is 6.54. The number of halogens is 4. The summed E-state index contributed by atoms with van der Waals surface area (Å²) in [5.41, 5.74) is 0.641. The van der Waals surface area contributed by atoms with Crippen molar-refractivity contribution in [1.82, 2.24) is 0 Å². The molecule has 0 saturated carbocycles. The van der Waals surface area contributed by atoms with E-state index in [1.807, 2.05) is 0 Å². The maximum Gasteiger partial charge on any atom is 0.173 e. The summed E-state index contributed by atoms with van der Waals surface area (Å²) in [5, 5.41) is 0.461. The lowest BCUT2D eigenvalue weighted by molar-refractivity contribution is 0.0990. The fourth-order valence-electron chi connectivity index (χ4n) is 1.89. The molecule has 0 aliphatic heterocycles. The molecular formula is C15H10BrClF2O2. The van der Waals surface area contributed by atoms with Gasteiger partial charge in [0.05, 0.1) is 11.6 Å². The Hall–Kier alpha value is -1.46. The topological polar surface area (TPSA) is 26.3 Å². The SMILES string of the molecule is COc1ccc(Cl)cc1CC(=O)c1ccc(F)c(F)c1Br. The van der Waals surface area contributed by atoms with Gasteiger partial charge in [-0.3, -0.25) is 4.79 Å². The molecule has 21 heavy (non-hydrogen) atoms. The van der Waals surface area contributed by atoms with Crippen LogP contribution in [0.15, 0.2) is 34.8 Å². The van der Waals surface area contributed by atoms with E-state index in [0.717, 1.165) is 6.07 Å². The standard InChI is InChI=1S/C15H10BrClF2O2/c1-21-13-5-2-9(17)6-8(13)7-12(20)10-3-4-11(18)15(19)14(10)16/h2-6H,7H2,1H3. The maximum absolute atomic E-state index is 13.5. The van der Waals surface area contributed by atoms with Gasteiger partial charge < -0.3 is 4.74 Å². The molecule has 0 spiro atoms. The number of benzene rings is 2. The normalized spacial score (nSPS) is 10.5. The molecule has 0 aromatic heterocycles. The van der Waals surface area contributed by atoms with Crippen LogP contribution in [0.4, 0.5) is 8.78 Å². The molecule has 2 aromatic carbocycles. The van der Waals surface area contributed by atoms with E-state index in [1.54, 1.807) is 18.2 Å². The van der Waals surface area contributed by atoms with Gasteiger partial charge in [-0.2, -0.15) is 0 Å². The highest BCUT2D eigenvalue weighted by atomic mass is 79.9. The first-order valence-corrected chi connectivity index (χ1v) is 7.10. The smallest absolute Gasteiger partial charge is 0.173 e. The third-order valence-corrected chi connectivity index (χ3v) is 3.94. The van der Waals surface area contributed by atoms with Crippen molar-refractivity contribution in [2.45, 2.75) is 6.42 Å². The van der Waals surface area contributed by atoms with E-state index in [1.165, 1.54) is 13.2 Å². The molecule has 0 aliphatic rings. The molecule has 0 heterocycles. The second-order valence-corrected chi connectivity index (χ2v) is 5.51. The number of hydrogen-bond acceptors (Lipinski definition) is 2. The molecule has 2 rings (SSSR count). The van der Waals surface area contributed by atoms with E-state index in [9.17, 15) is 13.6 Å². The lowest BCUT2D eigenvalue weighted by atomic mass is 10.0. The average molecular weight is 376 g/mol. The maximum atomic E-state index is 13.5. The summed E-state index contributed by atoms with van der Waals surface area (Å²) in [6.45, 7) is 0. The van der Waals surface area contributed by atoms with Gasteiger partial charge in [0, 0.05) is 22.6 Å². The number of ketones is 1. The van der Waals surface area contributed by atoms with Gasteiger partial charge >= 0.3 is 0 Å². The molecule has 6 heteroatoms. The van der Waals surface area contributed by atoms with Crippen molar-refractivity contribution in [3.8, 4) is 5.75 Å². The fraction of sp³-hybridized carbons (Fsp3) is 0.133. The van der Waals surface area contributed by atoms with Crippen molar-refractivity contribution in [3.05, 3.63) is 62.6 Å². The Morgan fingerprint density at radius 3 is 2.67 bits per heavy atom. The van der Waals surface area contributed by atoms with Crippen LogP contribution in [0.3, 0.4) is 0 Å². The Bertz CT molecular complexity index is 704. The summed E-state index contributed by atoms with van der Waals surface area (Å²) in [5.74, 6) is -1.97. The Balaban J connectivity index is 2.35. The number of methoxy groups -OCH3 is 1. The van der Waals surface area contributed by atoms with Gasteiger partial charge in [0.1, 0.15) is 5.75 Å². The van der Waals surface area contributed by atoms with Crippen molar-refractivity contribution in [2.75, 3.05) is 7.11 Å². The quantitative estimate of drug-likeness (QED) is 0.566. The number of carbonyl (C=O) groups excluding carboxylic acids is 1. The average Bonchev–Trinajstić information content (AvgIpc) is 2.45. The van der Waals surface area contributed by atoms with Gasteiger partial charge in [-0.05, 0) is 46.3 Å². The molecule has 2 nitrogen and oxygen atoms in total. The van der Waals surface area contributed by atoms with E-state index in [-0.39, 0.29) is 22.2 Å². The van der Waals surface area contributed by atoms with Crippen molar-refractivity contribution >= 4 is 33.3 Å². The first kappa shape index (κ1) is 15.9. The van der Waals surface area contributed by atoms with Gasteiger partial charge in [0.15, 0.2) is 17.4 Å². The zero-order chi connectivity index (χ0) is 15.6. The zero-order valence-electron chi connectivity index (χ0n) is 10.9. The highest BCUT2D eigenvalue weighted by Crippen LogP contribution is 2.27. The minimum Gasteiger partial charge on any atom is -0.496 e. The zero-order valence-corrected chi connectivity index (χ0v) is 13.3. The second-order valence-electron chi connectivity index (χ2n) is 4.28. The fourth-order valence-corrected chi connectivity index (χ4v) is 2.63. The first-order chi connectivity index (χ1) is 9.93. The third kappa shape index (κ3) is 3.41. The minimum absolute atomic E-state index is 0.0343. The highest BCUT2D eigenvalue weighted by Gasteiger charge is 2.18. The minimum atomic E-state index is -1.08. The number of Topliss-reactive ketones (excluding diaryl/α,β-unsaturated/α-hetero) is 1. The Morgan fingerprint density at radius 2 is 2.00 bits per heavy atom. The van der Waals surface area contributed by atoms with Crippen LogP contribution in [0.1, 0.15) is 15.9 Å². The van der Waals surface area contributed by atoms with Crippen molar-refractivity contribution < 1.29 is 18.3 Å². The molecular weight excluding hydrogens is 366 g/mol. The number of rotatable bonds is 4. The van der Waals surface area contributed by atoms with Crippen LogP contribution in [0.25, 0.3) is 0 Å². The van der Waals surface area contributed by atoms with E-state index >= 15 is 0 Å². The number of ether oxygens (including phenoxy) is 1. The molecule has 0 bridgehead atoms. The number of hydrogen-bond donors (Lipinski definition) is 0. The lowest BCUT2D eigenvalue weighted by Gasteiger charge is -2.09. The Morgan fingerprint density at radius 1 is 1.29 bits per heavy atom. The monoisotopic (exact) mass is 374 g/mol. The van der Waals surface area contributed by atoms with Crippen molar-refractivity contribution in [1.29, 1.82) is 0 Å². The molecule has 0 N–H and O–H groups in total. The predicted octanol–water partition coefficient (Wildman–Crippen LogP) is 4.81. The molecule has 0 radical (unpaired) electrons. The summed E-state index contributed by atoms with van der Waals surface area (Å²) in [6.07, 6.45) is -0.0343. The van der Waals surface area contributed by atoms with E-state index in [2.05, 4.69) is 15.9 Å². The van der Waals surface area contributed by atoms with Gasteiger partial charge in [0.25, 0.3) is 0 Å². The third-order valence-electron chi connectivity index (χ3n) is 2.93. The van der Waals surface area contributed by atoms with Crippen LogP contribution in [0.5, 0.6) is 5.75 Å². The summed E-state index contributed by atoms with van der Waals surface area (Å²) in [4.78, 5) is 12.3.